The van der Waals surface area contributed by atoms with Crippen LogP contribution in [0.2, 0.25) is 0 Å². The van der Waals surface area contributed by atoms with Gasteiger partial charge in [-0.1, -0.05) is 12.1 Å². The van der Waals surface area contributed by atoms with Crippen LogP contribution in [0.15, 0.2) is 42.6 Å². The number of nitrogens with one attached hydrogen (secondary N) is 1. The third kappa shape index (κ3) is 1.54. The van der Waals surface area contributed by atoms with Crippen LogP contribution < -0.4 is 10.2 Å². The fourth-order valence-corrected chi connectivity index (χ4v) is 2.19. The lowest BCUT2D eigenvalue weighted by Gasteiger charge is -2.20. The number of para-hydroxylation sites is 2. The SMILES string of the molecule is CCN1C(=O)c2ncccc2Nc2ccccc21. The van der Waals surface area contributed by atoms with Gasteiger partial charge in [-0.2, -0.15) is 0 Å². The molecule has 0 fully saturated rings. The summed E-state index contributed by atoms with van der Waals surface area (Å²) in [5.41, 5.74) is 3.05. The molecule has 1 aliphatic heterocycles. The number of fused-ring (bicyclic) bond motifs is 2. The minimum absolute atomic E-state index is 0.0643. The zero-order chi connectivity index (χ0) is 12.5. The van der Waals surface area contributed by atoms with Crippen molar-refractivity contribution in [3.05, 3.63) is 48.3 Å². The molecule has 0 atom stereocenters. The molecule has 1 aromatic heterocycles. The molecule has 2 aromatic rings. The maximum absolute atomic E-state index is 12.5. The van der Waals surface area contributed by atoms with Crippen molar-refractivity contribution in [1.29, 1.82) is 0 Å². The van der Waals surface area contributed by atoms with Gasteiger partial charge < -0.3 is 10.2 Å². The molecule has 0 saturated carbocycles. The third-order valence-corrected chi connectivity index (χ3v) is 3.04. The van der Waals surface area contributed by atoms with Gasteiger partial charge in [-0.15, -0.1) is 0 Å². The highest BCUT2D eigenvalue weighted by Crippen LogP contribution is 2.34. The van der Waals surface area contributed by atoms with Crippen molar-refractivity contribution >= 4 is 23.0 Å². The zero-order valence-electron chi connectivity index (χ0n) is 10.1. The van der Waals surface area contributed by atoms with E-state index in [2.05, 4.69) is 10.3 Å². The lowest BCUT2D eigenvalue weighted by Crippen LogP contribution is -2.30. The first kappa shape index (κ1) is 10.8. The first-order valence-electron chi connectivity index (χ1n) is 5.94. The number of carbonyl (C=O) groups is 1. The van der Waals surface area contributed by atoms with Crippen LogP contribution in [0.3, 0.4) is 0 Å². The number of carbonyl (C=O) groups excluding carboxylic acids is 1. The minimum atomic E-state index is -0.0643. The predicted molar refractivity (Wildman–Crippen MR) is 71.3 cm³/mol. The van der Waals surface area contributed by atoms with Crippen molar-refractivity contribution in [2.24, 2.45) is 0 Å². The molecule has 0 spiro atoms. The molecule has 18 heavy (non-hydrogen) atoms. The number of hydrogen-bond donors (Lipinski definition) is 1. The van der Waals surface area contributed by atoms with E-state index in [1.807, 2.05) is 43.3 Å². The predicted octanol–water partition coefficient (Wildman–Crippen LogP) is 2.81. The summed E-state index contributed by atoms with van der Waals surface area (Å²) in [6.07, 6.45) is 1.64. The summed E-state index contributed by atoms with van der Waals surface area (Å²) in [6.45, 7) is 2.58. The summed E-state index contributed by atoms with van der Waals surface area (Å²) in [5.74, 6) is -0.0643. The maximum Gasteiger partial charge on any atom is 0.279 e. The first-order chi connectivity index (χ1) is 8.81. The van der Waals surface area contributed by atoms with E-state index < -0.39 is 0 Å². The van der Waals surface area contributed by atoms with E-state index in [1.165, 1.54) is 0 Å². The Labute approximate surface area is 105 Å². The van der Waals surface area contributed by atoms with E-state index in [0.29, 0.717) is 12.2 Å². The normalized spacial score (nSPS) is 13.4. The molecular weight excluding hydrogens is 226 g/mol. The second-order valence-electron chi connectivity index (χ2n) is 4.09. The molecule has 0 bridgehead atoms. The molecule has 0 saturated heterocycles. The summed E-state index contributed by atoms with van der Waals surface area (Å²) < 4.78 is 0. The number of aromatic nitrogens is 1. The van der Waals surface area contributed by atoms with Gasteiger partial charge in [0.1, 0.15) is 0 Å². The van der Waals surface area contributed by atoms with E-state index in [0.717, 1.165) is 17.1 Å². The fraction of sp³-hybridized carbons (Fsp3) is 0.143. The molecule has 4 nitrogen and oxygen atoms in total. The molecule has 1 amide bonds. The van der Waals surface area contributed by atoms with Gasteiger partial charge in [0.05, 0.1) is 17.1 Å². The molecule has 1 aromatic carbocycles. The van der Waals surface area contributed by atoms with Crippen molar-refractivity contribution in [2.75, 3.05) is 16.8 Å². The lowest BCUT2D eigenvalue weighted by atomic mass is 10.2. The van der Waals surface area contributed by atoms with Gasteiger partial charge in [-0.3, -0.25) is 4.79 Å². The molecule has 2 heterocycles. The number of amides is 1. The summed E-state index contributed by atoms with van der Waals surface area (Å²) in [7, 11) is 0. The summed E-state index contributed by atoms with van der Waals surface area (Å²) in [5, 5.41) is 3.27. The second kappa shape index (κ2) is 4.14. The molecular formula is C14H13N3O. The Balaban J connectivity index is 2.23. The average Bonchev–Trinajstić information content (AvgIpc) is 2.53. The van der Waals surface area contributed by atoms with Crippen molar-refractivity contribution in [3.8, 4) is 0 Å². The van der Waals surface area contributed by atoms with Crippen molar-refractivity contribution < 1.29 is 4.79 Å². The topological polar surface area (TPSA) is 45.2 Å². The summed E-state index contributed by atoms with van der Waals surface area (Å²) in [4.78, 5) is 18.4. The lowest BCUT2D eigenvalue weighted by molar-refractivity contribution is 0.0985. The van der Waals surface area contributed by atoms with Crippen LogP contribution >= 0.6 is 0 Å². The number of anilines is 3. The van der Waals surface area contributed by atoms with Crippen LogP contribution in [0.25, 0.3) is 0 Å². The van der Waals surface area contributed by atoms with Crippen molar-refractivity contribution in [1.82, 2.24) is 4.98 Å². The van der Waals surface area contributed by atoms with Gasteiger partial charge in [0.15, 0.2) is 5.69 Å². The minimum Gasteiger partial charge on any atom is -0.352 e. The Bertz CT molecular complexity index is 609. The molecule has 3 rings (SSSR count). The van der Waals surface area contributed by atoms with Crippen molar-refractivity contribution in [3.63, 3.8) is 0 Å². The van der Waals surface area contributed by atoms with Crippen LogP contribution in [-0.2, 0) is 0 Å². The van der Waals surface area contributed by atoms with Crippen LogP contribution in [0.5, 0.6) is 0 Å². The van der Waals surface area contributed by atoms with E-state index in [9.17, 15) is 4.79 Å². The molecule has 4 heteroatoms. The zero-order valence-corrected chi connectivity index (χ0v) is 10.1. The average molecular weight is 239 g/mol. The van der Waals surface area contributed by atoms with Crippen LogP contribution in [0, 0.1) is 0 Å². The Morgan fingerprint density at radius 1 is 1.17 bits per heavy atom. The smallest absolute Gasteiger partial charge is 0.279 e. The quantitative estimate of drug-likeness (QED) is 0.832. The van der Waals surface area contributed by atoms with Gasteiger partial charge in [0.25, 0.3) is 5.91 Å². The van der Waals surface area contributed by atoms with Crippen LogP contribution in [-0.4, -0.2) is 17.4 Å². The summed E-state index contributed by atoms with van der Waals surface area (Å²) in [6, 6.07) is 11.5. The number of hydrogen-bond acceptors (Lipinski definition) is 3. The van der Waals surface area contributed by atoms with Gasteiger partial charge in [-0.05, 0) is 31.2 Å². The fourth-order valence-electron chi connectivity index (χ4n) is 2.19. The second-order valence-corrected chi connectivity index (χ2v) is 4.09. The molecule has 90 valence electrons. The van der Waals surface area contributed by atoms with E-state index in [1.54, 1.807) is 11.1 Å². The highest BCUT2D eigenvalue weighted by molar-refractivity contribution is 6.12. The molecule has 0 unspecified atom stereocenters. The highest BCUT2D eigenvalue weighted by atomic mass is 16.2. The Morgan fingerprint density at radius 2 is 1.94 bits per heavy atom. The summed E-state index contributed by atoms with van der Waals surface area (Å²) >= 11 is 0. The number of pyridine rings is 1. The first-order valence-corrected chi connectivity index (χ1v) is 5.94. The van der Waals surface area contributed by atoms with Crippen LogP contribution in [0.1, 0.15) is 17.4 Å². The maximum atomic E-state index is 12.5. The third-order valence-electron chi connectivity index (χ3n) is 3.04. The molecule has 1 aliphatic rings. The van der Waals surface area contributed by atoms with Crippen LogP contribution in [0.4, 0.5) is 17.1 Å². The van der Waals surface area contributed by atoms with E-state index >= 15 is 0 Å². The number of rotatable bonds is 1. The Morgan fingerprint density at radius 3 is 2.78 bits per heavy atom. The highest BCUT2D eigenvalue weighted by Gasteiger charge is 2.25. The Hall–Kier alpha value is -2.36. The van der Waals surface area contributed by atoms with Gasteiger partial charge in [0.2, 0.25) is 0 Å². The van der Waals surface area contributed by atoms with Crippen molar-refractivity contribution in [2.45, 2.75) is 6.92 Å². The molecule has 0 aliphatic carbocycles. The van der Waals surface area contributed by atoms with Gasteiger partial charge in [-0.25, -0.2) is 4.98 Å². The van der Waals surface area contributed by atoms with Gasteiger partial charge >= 0.3 is 0 Å². The van der Waals surface area contributed by atoms with Gasteiger partial charge in [0, 0.05) is 12.7 Å². The van der Waals surface area contributed by atoms with E-state index in [4.69, 9.17) is 0 Å². The standard InChI is InChI=1S/C14H13N3O/c1-2-17-12-8-4-3-6-10(12)16-11-7-5-9-15-13(11)14(17)18/h3-9,16H,2H2,1H3. The number of nitrogens with zero attached hydrogens (tertiary/aromatic N) is 2. The monoisotopic (exact) mass is 239 g/mol. The number of benzene rings is 1. The molecule has 1 N–H and O–H groups in total. The largest absolute Gasteiger partial charge is 0.352 e. The van der Waals surface area contributed by atoms with E-state index in [-0.39, 0.29) is 5.91 Å². The molecule has 0 radical (unpaired) electrons. The Kier molecular flexibility index (Phi) is 2.48.